The first-order chi connectivity index (χ1) is 14.1. The highest BCUT2D eigenvalue weighted by Crippen LogP contribution is 2.32. The lowest BCUT2D eigenvalue weighted by atomic mass is 10.1. The van der Waals surface area contributed by atoms with Gasteiger partial charge in [0.2, 0.25) is 5.91 Å². The predicted octanol–water partition coefficient (Wildman–Crippen LogP) is 3.89. The molecule has 2 aromatic carbocycles. The lowest BCUT2D eigenvalue weighted by Gasteiger charge is -2.15. The maximum Gasteiger partial charge on any atom is 0.419 e. The fourth-order valence-electron chi connectivity index (χ4n) is 3.14. The van der Waals surface area contributed by atoms with E-state index in [9.17, 15) is 32.3 Å². The average Bonchev–Trinajstić information content (AvgIpc) is 2.69. The van der Waals surface area contributed by atoms with Gasteiger partial charge in [-0.1, -0.05) is 18.2 Å². The Morgan fingerprint density at radius 1 is 1.13 bits per heavy atom. The van der Waals surface area contributed by atoms with Gasteiger partial charge < -0.3 is 15.0 Å². The number of hydrogen-bond donors (Lipinski definition) is 2. The number of hydrogen-bond acceptors (Lipinski definition) is 3. The van der Waals surface area contributed by atoms with Crippen LogP contribution in [0, 0.1) is 5.82 Å². The minimum atomic E-state index is -4.86. The van der Waals surface area contributed by atoms with Crippen LogP contribution in [0.4, 0.5) is 23.2 Å². The maximum absolute atomic E-state index is 14.2. The topological polar surface area (TPSA) is 71.3 Å². The number of alkyl halides is 3. The number of nitrogens with one attached hydrogen (secondary N) is 1. The molecule has 1 aromatic heterocycles. The Balaban J connectivity index is 1.90. The number of aliphatic hydroxyl groups excluding tert-OH is 1. The third-order valence-corrected chi connectivity index (χ3v) is 4.72. The van der Waals surface area contributed by atoms with Crippen molar-refractivity contribution in [3.63, 3.8) is 0 Å². The van der Waals surface area contributed by atoms with Gasteiger partial charge in [0.05, 0.1) is 24.6 Å². The maximum atomic E-state index is 14.2. The summed E-state index contributed by atoms with van der Waals surface area (Å²) >= 11 is 0. The summed E-state index contributed by atoms with van der Waals surface area (Å²) in [5, 5.41) is 12.5. The van der Waals surface area contributed by atoms with E-state index in [1.807, 2.05) is 0 Å². The summed E-state index contributed by atoms with van der Waals surface area (Å²) in [6, 6.07) is 8.53. The predicted molar refractivity (Wildman–Crippen MR) is 104 cm³/mol. The number of anilines is 1. The molecule has 3 aromatic rings. The highest BCUT2D eigenvalue weighted by molar-refractivity contribution is 6.02. The van der Waals surface area contributed by atoms with Crippen LogP contribution in [0.2, 0.25) is 0 Å². The molecule has 5 nitrogen and oxygen atoms in total. The summed E-state index contributed by atoms with van der Waals surface area (Å²) in [5.41, 5.74) is -1.92. The number of aromatic nitrogens is 1. The van der Waals surface area contributed by atoms with Crippen LogP contribution in [-0.2, 0) is 17.4 Å². The Kier molecular flexibility index (Phi) is 5.93. The molecule has 30 heavy (non-hydrogen) atoms. The largest absolute Gasteiger partial charge is 0.419 e. The number of nitrogens with zero attached hydrogens (tertiary/aromatic N) is 1. The van der Waals surface area contributed by atoms with Crippen molar-refractivity contribution in [1.29, 1.82) is 0 Å². The number of carbonyl (C=O) groups excluding carboxylic acids is 1. The Hall–Kier alpha value is -3.20. The van der Waals surface area contributed by atoms with E-state index in [0.29, 0.717) is 16.8 Å². The number of carbonyl (C=O) groups is 1. The van der Waals surface area contributed by atoms with Crippen LogP contribution < -0.4 is 10.9 Å². The molecule has 0 aliphatic carbocycles. The average molecular weight is 422 g/mol. The summed E-state index contributed by atoms with van der Waals surface area (Å²) in [4.78, 5) is 25.0. The van der Waals surface area contributed by atoms with Crippen LogP contribution in [0.15, 0.2) is 53.5 Å². The molecule has 0 fully saturated rings. The Morgan fingerprint density at radius 3 is 2.50 bits per heavy atom. The van der Waals surface area contributed by atoms with E-state index in [1.54, 1.807) is 19.1 Å². The van der Waals surface area contributed by atoms with Gasteiger partial charge in [-0.15, -0.1) is 0 Å². The van der Waals surface area contributed by atoms with Gasteiger partial charge in [-0.05, 0) is 36.8 Å². The van der Waals surface area contributed by atoms with Gasteiger partial charge in [0.1, 0.15) is 5.82 Å². The third-order valence-electron chi connectivity index (χ3n) is 4.72. The van der Waals surface area contributed by atoms with Crippen LogP contribution >= 0.6 is 0 Å². The van der Waals surface area contributed by atoms with E-state index < -0.39 is 35.9 Å². The zero-order valence-electron chi connectivity index (χ0n) is 15.8. The minimum absolute atomic E-state index is 0.232. The number of benzene rings is 2. The Bertz CT molecular complexity index is 1160. The van der Waals surface area contributed by atoms with E-state index in [-0.39, 0.29) is 23.4 Å². The van der Waals surface area contributed by atoms with Crippen LogP contribution in [0.25, 0.3) is 10.8 Å². The molecule has 9 heteroatoms. The van der Waals surface area contributed by atoms with Gasteiger partial charge in [0, 0.05) is 22.7 Å². The lowest BCUT2D eigenvalue weighted by molar-refractivity contribution is -0.140. The Labute approximate surface area is 168 Å². The van der Waals surface area contributed by atoms with Crippen LogP contribution in [0.5, 0.6) is 0 Å². The summed E-state index contributed by atoms with van der Waals surface area (Å²) in [6.07, 6.45) is -3.99. The normalized spacial score (nSPS) is 12.7. The molecule has 0 saturated carbocycles. The van der Waals surface area contributed by atoms with Crippen molar-refractivity contribution in [3.05, 3.63) is 76.0 Å². The van der Waals surface area contributed by atoms with E-state index in [0.717, 1.165) is 12.1 Å². The number of amides is 1. The van der Waals surface area contributed by atoms with Crippen molar-refractivity contribution >= 4 is 22.4 Å². The second kappa shape index (κ2) is 8.27. The number of aliphatic hydroxyl groups is 1. The first-order valence-corrected chi connectivity index (χ1v) is 9.02. The van der Waals surface area contributed by atoms with Crippen molar-refractivity contribution in [2.45, 2.75) is 25.6 Å². The zero-order valence-corrected chi connectivity index (χ0v) is 15.8. The van der Waals surface area contributed by atoms with Gasteiger partial charge in [0.15, 0.2) is 0 Å². The van der Waals surface area contributed by atoms with Crippen molar-refractivity contribution in [3.8, 4) is 0 Å². The first kappa shape index (κ1) is 21.5. The molecule has 0 spiro atoms. The monoisotopic (exact) mass is 422 g/mol. The standard InChI is InChI=1S/C21H18F4N2O3/c1-12(11-28)27-9-8-14-15(20(27)30)5-3-7-17(14)26-18(29)10-13-4-2-6-16(19(13)22)21(23,24)25/h2-9,12,28H,10-11H2,1H3,(H,26,29)/t12-/m0/s1. The molecule has 0 aliphatic heterocycles. The van der Waals surface area contributed by atoms with Crippen molar-refractivity contribution < 1.29 is 27.5 Å². The molecule has 1 heterocycles. The quantitative estimate of drug-likeness (QED) is 0.613. The first-order valence-electron chi connectivity index (χ1n) is 9.02. The molecule has 158 valence electrons. The number of halogens is 4. The molecule has 0 aliphatic rings. The fraction of sp³-hybridized carbons (Fsp3) is 0.238. The van der Waals surface area contributed by atoms with Crippen LogP contribution in [0.3, 0.4) is 0 Å². The number of fused-ring (bicyclic) bond motifs is 1. The highest BCUT2D eigenvalue weighted by atomic mass is 19.4. The van der Waals surface area contributed by atoms with E-state index >= 15 is 0 Å². The molecule has 1 amide bonds. The van der Waals surface area contributed by atoms with Crippen molar-refractivity contribution in [2.75, 3.05) is 11.9 Å². The second-order valence-corrected chi connectivity index (χ2v) is 6.83. The third kappa shape index (κ3) is 4.20. The van der Waals surface area contributed by atoms with Crippen molar-refractivity contribution in [1.82, 2.24) is 4.57 Å². The smallest absolute Gasteiger partial charge is 0.394 e. The molecule has 0 saturated heterocycles. The van der Waals surface area contributed by atoms with Crippen LogP contribution in [-0.4, -0.2) is 22.2 Å². The van der Waals surface area contributed by atoms with E-state index in [4.69, 9.17) is 0 Å². The molecular weight excluding hydrogens is 404 g/mol. The summed E-state index contributed by atoms with van der Waals surface area (Å²) in [7, 11) is 0. The summed E-state index contributed by atoms with van der Waals surface area (Å²) < 4.78 is 54.1. The molecule has 0 bridgehead atoms. The van der Waals surface area contributed by atoms with Gasteiger partial charge in [0.25, 0.3) is 5.56 Å². The van der Waals surface area contributed by atoms with Crippen molar-refractivity contribution in [2.24, 2.45) is 0 Å². The van der Waals surface area contributed by atoms with Gasteiger partial charge in [-0.2, -0.15) is 13.2 Å². The summed E-state index contributed by atoms with van der Waals surface area (Å²) in [6.45, 7) is 1.44. The van der Waals surface area contributed by atoms with Crippen LogP contribution in [0.1, 0.15) is 24.1 Å². The summed E-state index contributed by atoms with van der Waals surface area (Å²) in [5.74, 6) is -2.22. The molecule has 2 N–H and O–H groups in total. The SMILES string of the molecule is C[C@@H](CO)n1ccc2c(NC(=O)Cc3cccc(C(F)(F)F)c3F)cccc2c1=O. The highest BCUT2D eigenvalue weighted by Gasteiger charge is 2.34. The van der Waals surface area contributed by atoms with Gasteiger partial charge in [-0.3, -0.25) is 9.59 Å². The zero-order chi connectivity index (χ0) is 22.1. The molecule has 3 rings (SSSR count). The molecule has 0 radical (unpaired) electrons. The van der Waals surface area contributed by atoms with E-state index in [2.05, 4.69) is 5.32 Å². The second-order valence-electron chi connectivity index (χ2n) is 6.83. The minimum Gasteiger partial charge on any atom is -0.394 e. The van der Waals surface area contributed by atoms with Gasteiger partial charge in [-0.25, -0.2) is 4.39 Å². The number of rotatable bonds is 5. The molecular formula is C21H18F4N2O3. The lowest BCUT2D eigenvalue weighted by Crippen LogP contribution is -2.25. The fourth-order valence-corrected chi connectivity index (χ4v) is 3.14. The Morgan fingerprint density at radius 2 is 1.83 bits per heavy atom. The van der Waals surface area contributed by atoms with Gasteiger partial charge >= 0.3 is 6.18 Å². The van der Waals surface area contributed by atoms with E-state index in [1.165, 1.54) is 22.9 Å². The number of pyridine rings is 1. The molecule has 0 unspecified atom stereocenters. The molecule has 1 atom stereocenters.